The van der Waals surface area contributed by atoms with Crippen LogP contribution >= 0.6 is 0 Å². The molecule has 1 fully saturated rings. The van der Waals surface area contributed by atoms with Crippen LogP contribution in [-0.2, 0) is 9.53 Å². The standard InChI is InChI=1S/C13H26N2O2/c1-10(2)8-15-13(16)4-6-14-11(3)12-5-7-17-9-12/h10-12,14H,4-9H2,1-3H3,(H,15,16). The Balaban J connectivity index is 2.04. The fraction of sp³-hybridized carbons (Fsp3) is 0.923. The Hall–Kier alpha value is -0.610. The minimum atomic E-state index is 0.140. The molecule has 0 radical (unpaired) electrons. The third kappa shape index (κ3) is 6.03. The van der Waals surface area contributed by atoms with Crippen molar-refractivity contribution >= 4 is 5.91 Å². The number of rotatable bonds is 7. The summed E-state index contributed by atoms with van der Waals surface area (Å²) in [5, 5.41) is 6.32. The van der Waals surface area contributed by atoms with Crippen molar-refractivity contribution in [1.82, 2.24) is 10.6 Å². The van der Waals surface area contributed by atoms with Crippen molar-refractivity contribution in [3.05, 3.63) is 0 Å². The first kappa shape index (κ1) is 14.5. The first-order valence-corrected chi connectivity index (χ1v) is 6.67. The molecule has 1 heterocycles. The number of carbonyl (C=O) groups excluding carboxylic acids is 1. The van der Waals surface area contributed by atoms with Gasteiger partial charge in [0.1, 0.15) is 0 Å². The molecular weight excluding hydrogens is 216 g/mol. The van der Waals surface area contributed by atoms with Gasteiger partial charge < -0.3 is 15.4 Å². The molecular formula is C13H26N2O2. The second-order valence-electron chi connectivity index (χ2n) is 5.31. The normalized spacial score (nSPS) is 21.8. The van der Waals surface area contributed by atoms with E-state index < -0.39 is 0 Å². The molecule has 1 aliphatic heterocycles. The smallest absolute Gasteiger partial charge is 0.221 e. The van der Waals surface area contributed by atoms with Crippen LogP contribution in [0.4, 0.5) is 0 Å². The van der Waals surface area contributed by atoms with Gasteiger partial charge in [0, 0.05) is 32.2 Å². The van der Waals surface area contributed by atoms with E-state index in [1.165, 1.54) is 0 Å². The molecule has 2 atom stereocenters. The Kier molecular flexibility index (Phi) is 6.52. The maximum absolute atomic E-state index is 11.5. The van der Waals surface area contributed by atoms with Crippen LogP contribution in [0.25, 0.3) is 0 Å². The molecule has 100 valence electrons. The predicted octanol–water partition coefficient (Wildman–Crippen LogP) is 1.16. The van der Waals surface area contributed by atoms with E-state index in [4.69, 9.17) is 4.74 Å². The van der Waals surface area contributed by atoms with Crippen molar-refractivity contribution in [1.29, 1.82) is 0 Å². The lowest BCUT2D eigenvalue weighted by molar-refractivity contribution is -0.121. The third-order valence-corrected chi connectivity index (χ3v) is 3.20. The van der Waals surface area contributed by atoms with E-state index in [0.29, 0.717) is 24.3 Å². The van der Waals surface area contributed by atoms with Gasteiger partial charge in [0.15, 0.2) is 0 Å². The van der Waals surface area contributed by atoms with Gasteiger partial charge in [0.25, 0.3) is 0 Å². The molecule has 0 aromatic heterocycles. The van der Waals surface area contributed by atoms with Gasteiger partial charge in [-0.15, -0.1) is 0 Å². The topological polar surface area (TPSA) is 50.4 Å². The fourth-order valence-corrected chi connectivity index (χ4v) is 1.93. The van der Waals surface area contributed by atoms with Gasteiger partial charge >= 0.3 is 0 Å². The second-order valence-corrected chi connectivity index (χ2v) is 5.31. The average molecular weight is 242 g/mol. The largest absolute Gasteiger partial charge is 0.381 e. The fourth-order valence-electron chi connectivity index (χ4n) is 1.93. The molecule has 0 aliphatic carbocycles. The Morgan fingerprint density at radius 3 is 2.76 bits per heavy atom. The number of hydrogen-bond donors (Lipinski definition) is 2. The summed E-state index contributed by atoms with van der Waals surface area (Å²) in [7, 11) is 0. The molecule has 1 saturated heterocycles. The summed E-state index contributed by atoms with van der Waals surface area (Å²) >= 11 is 0. The molecule has 0 bridgehead atoms. The summed E-state index contributed by atoms with van der Waals surface area (Å²) in [5.74, 6) is 1.26. The Labute approximate surface area is 104 Å². The molecule has 0 aromatic carbocycles. The van der Waals surface area contributed by atoms with Crippen molar-refractivity contribution in [3.8, 4) is 0 Å². The summed E-state index contributed by atoms with van der Waals surface area (Å²) in [4.78, 5) is 11.5. The SMILES string of the molecule is CC(C)CNC(=O)CCNC(C)C1CCOC1. The lowest BCUT2D eigenvalue weighted by atomic mass is 10.0. The lowest BCUT2D eigenvalue weighted by Gasteiger charge is -2.19. The highest BCUT2D eigenvalue weighted by molar-refractivity contribution is 5.76. The zero-order chi connectivity index (χ0) is 12.7. The predicted molar refractivity (Wildman–Crippen MR) is 68.9 cm³/mol. The number of ether oxygens (including phenoxy) is 1. The van der Waals surface area contributed by atoms with E-state index >= 15 is 0 Å². The van der Waals surface area contributed by atoms with Crippen molar-refractivity contribution in [2.24, 2.45) is 11.8 Å². The van der Waals surface area contributed by atoms with Gasteiger partial charge in [0.05, 0.1) is 6.61 Å². The quantitative estimate of drug-likeness (QED) is 0.704. The van der Waals surface area contributed by atoms with Gasteiger partial charge in [0.2, 0.25) is 5.91 Å². The maximum atomic E-state index is 11.5. The minimum Gasteiger partial charge on any atom is -0.381 e. The van der Waals surface area contributed by atoms with E-state index in [2.05, 4.69) is 31.4 Å². The number of hydrogen-bond acceptors (Lipinski definition) is 3. The van der Waals surface area contributed by atoms with Gasteiger partial charge in [-0.05, 0) is 25.2 Å². The minimum absolute atomic E-state index is 0.140. The van der Waals surface area contributed by atoms with E-state index in [0.717, 1.165) is 32.7 Å². The molecule has 1 amide bonds. The highest BCUT2D eigenvalue weighted by atomic mass is 16.5. The molecule has 0 spiro atoms. The van der Waals surface area contributed by atoms with Crippen LogP contribution in [0.5, 0.6) is 0 Å². The molecule has 2 unspecified atom stereocenters. The Bertz CT molecular complexity index is 225. The molecule has 1 rings (SSSR count). The van der Waals surface area contributed by atoms with E-state index in [9.17, 15) is 4.79 Å². The van der Waals surface area contributed by atoms with Crippen LogP contribution in [-0.4, -0.2) is 38.3 Å². The van der Waals surface area contributed by atoms with Crippen LogP contribution in [0.2, 0.25) is 0 Å². The van der Waals surface area contributed by atoms with Crippen LogP contribution < -0.4 is 10.6 Å². The van der Waals surface area contributed by atoms with Crippen LogP contribution in [0.3, 0.4) is 0 Å². The van der Waals surface area contributed by atoms with E-state index in [-0.39, 0.29) is 5.91 Å². The highest BCUT2D eigenvalue weighted by Gasteiger charge is 2.21. The zero-order valence-electron chi connectivity index (χ0n) is 11.3. The molecule has 1 aliphatic rings. The molecule has 0 aromatic rings. The second kappa shape index (κ2) is 7.67. The van der Waals surface area contributed by atoms with Gasteiger partial charge in [-0.3, -0.25) is 4.79 Å². The van der Waals surface area contributed by atoms with Crippen LogP contribution in [0.15, 0.2) is 0 Å². The van der Waals surface area contributed by atoms with Gasteiger partial charge in [-0.2, -0.15) is 0 Å². The van der Waals surface area contributed by atoms with E-state index in [1.54, 1.807) is 0 Å². The maximum Gasteiger partial charge on any atom is 0.221 e. The van der Waals surface area contributed by atoms with Crippen molar-refractivity contribution < 1.29 is 9.53 Å². The molecule has 4 nitrogen and oxygen atoms in total. The first-order chi connectivity index (χ1) is 8.09. The summed E-state index contributed by atoms with van der Waals surface area (Å²) in [6, 6.07) is 0.440. The molecule has 2 N–H and O–H groups in total. The Morgan fingerprint density at radius 2 is 2.18 bits per heavy atom. The summed E-state index contributed by atoms with van der Waals surface area (Å²) in [5.41, 5.74) is 0. The van der Waals surface area contributed by atoms with Gasteiger partial charge in [-0.25, -0.2) is 0 Å². The summed E-state index contributed by atoms with van der Waals surface area (Å²) < 4.78 is 5.35. The Morgan fingerprint density at radius 1 is 1.41 bits per heavy atom. The number of nitrogens with one attached hydrogen (secondary N) is 2. The monoisotopic (exact) mass is 242 g/mol. The van der Waals surface area contributed by atoms with Crippen LogP contribution in [0, 0.1) is 11.8 Å². The molecule has 4 heteroatoms. The van der Waals surface area contributed by atoms with Crippen LogP contribution in [0.1, 0.15) is 33.6 Å². The molecule has 0 saturated carbocycles. The van der Waals surface area contributed by atoms with Gasteiger partial charge in [-0.1, -0.05) is 13.8 Å². The molecule has 17 heavy (non-hydrogen) atoms. The average Bonchev–Trinajstić information content (AvgIpc) is 2.79. The van der Waals surface area contributed by atoms with Crippen molar-refractivity contribution in [2.45, 2.75) is 39.7 Å². The number of carbonyl (C=O) groups is 1. The highest BCUT2D eigenvalue weighted by Crippen LogP contribution is 2.16. The van der Waals surface area contributed by atoms with E-state index in [1.807, 2.05) is 0 Å². The number of amides is 1. The summed E-state index contributed by atoms with van der Waals surface area (Å²) in [6.45, 7) is 9.62. The summed E-state index contributed by atoms with van der Waals surface area (Å²) in [6.07, 6.45) is 1.69. The first-order valence-electron chi connectivity index (χ1n) is 6.67. The lowest BCUT2D eigenvalue weighted by Crippen LogP contribution is -2.37. The van der Waals surface area contributed by atoms with Crippen molar-refractivity contribution in [2.75, 3.05) is 26.3 Å². The third-order valence-electron chi connectivity index (χ3n) is 3.20. The zero-order valence-corrected chi connectivity index (χ0v) is 11.3. The van der Waals surface area contributed by atoms with Crippen molar-refractivity contribution in [3.63, 3.8) is 0 Å².